The number of benzene rings is 2. The molecule has 7 nitrogen and oxygen atoms in total. The molecule has 1 aromatic heterocycles. The minimum Gasteiger partial charge on any atom is -0.497 e. The SMILES string of the molecule is COc1cccc(N2CCN(S(=O)(=O)c3ccsc3C(=O)Nc3ccc(F)c(C)c3)CC2)c1. The number of piperazine rings is 1. The van der Waals surface area contributed by atoms with Crippen LogP contribution in [0.2, 0.25) is 0 Å². The lowest BCUT2D eigenvalue weighted by molar-refractivity contribution is 0.102. The number of ether oxygens (including phenoxy) is 1. The predicted molar refractivity (Wildman–Crippen MR) is 127 cm³/mol. The second-order valence-corrected chi connectivity index (χ2v) is 10.4. The highest BCUT2D eigenvalue weighted by Gasteiger charge is 2.32. The van der Waals surface area contributed by atoms with Gasteiger partial charge in [0.2, 0.25) is 10.0 Å². The molecular weight excluding hydrogens is 465 g/mol. The van der Waals surface area contributed by atoms with Crippen LogP contribution in [0.1, 0.15) is 15.2 Å². The molecule has 1 amide bonds. The van der Waals surface area contributed by atoms with Gasteiger partial charge in [0.05, 0.1) is 7.11 Å². The Labute approximate surface area is 196 Å². The molecule has 0 radical (unpaired) electrons. The molecule has 0 spiro atoms. The van der Waals surface area contributed by atoms with Crippen LogP contribution in [0.4, 0.5) is 15.8 Å². The number of carbonyl (C=O) groups excluding carboxylic acids is 1. The van der Waals surface area contributed by atoms with Crippen LogP contribution in [0.3, 0.4) is 0 Å². The first-order chi connectivity index (χ1) is 15.8. The standard InChI is InChI=1S/C23H24FN3O4S2/c1-16-14-17(6-7-20(16)24)25-23(28)22-21(8-13-32-22)33(29,30)27-11-9-26(10-12-27)18-4-3-5-19(15-18)31-2/h3-8,13-15H,9-12H2,1-2H3,(H,25,28). The van der Waals surface area contributed by atoms with E-state index in [1.807, 2.05) is 24.3 Å². The number of halogens is 1. The molecule has 0 bridgehead atoms. The van der Waals surface area contributed by atoms with E-state index in [1.165, 1.54) is 28.6 Å². The molecule has 33 heavy (non-hydrogen) atoms. The highest BCUT2D eigenvalue weighted by molar-refractivity contribution is 7.89. The number of aryl methyl sites for hydroxylation is 1. The molecule has 1 saturated heterocycles. The lowest BCUT2D eigenvalue weighted by atomic mass is 10.2. The molecule has 1 aliphatic heterocycles. The van der Waals surface area contributed by atoms with Gasteiger partial charge in [0.15, 0.2) is 0 Å². The lowest BCUT2D eigenvalue weighted by Gasteiger charge is -2.35. The zero-order chi connectivity index (χ0) is 23.6. The van der Waals surface area contributed by atoms with E-state index in [1.54, 1.807) is 19.4 Å². The second kappa shape index (κ2) is 9.50. The number of nitrogens with one attached hydrogen (secondary N) is 1. The van der Waals surface area contributed by atoms with E-state index in [2.05, 4.69) is 10.2 Å². The van der Waals surface area contributed by atoms with Crippen molar-refractivity contribution in [3.8, 4) is 5.75 Å². The molecule has 2 heterocycles. The van der Waals surface area contributed by atoms with Gasteiger partial charge in [-0.1, -0.05) is 6.07 Å². The van der Waals surface area contributed by atoms with Crippen molar-refractivity contribution in [2.24, 2.45) is 0 Å². The van der Waals surface area contributed by atoms with Gasteiger partial charge >= 0.3 is 0 Å². The number of amides is 1. The van der Waals surface area contributed by atoms with E-state index in [0.29, 0.717) is 37.4 Å². The van der Waals surface area contributed by atoms with E-state index in [-0.39, 0.29) is 15.6 Å². The number of hydrogen-bond acceptors (Lipinski definition) is 6. The van der Waals surface area contributed by atoms with Gasteiger partial charge in [0, 0.05) is 43.6 Å². The van der Waals surface area contributed by atoms with Gasteiger partial charge in [-0.15, -0.1) is 11.3 Å². The quantitative estimate of drug-likeness (QED) is 0.567. The van der Waals surface area contributed by atoms with Gasteiger partial charge in [0.25, 0.3) is 5.91 Å². The first kappa shape index (κ1) is 23.2. The maximum Gasteiger partial charge on any atom is 0.267 e. The van der Waals surface area contributed by atoms with Gasteiger partial charge in [-0.2, -0.15) is 4.31 Å². The number of carbonyl (C=O) groups is 1. The molecule has 1 aliphatic rings. The number of anilines is 2. The average Bonchev–Trinajstić information content (AvgIpc) is 3.33. The largest absolute Gasteiger partial charge is 0.497 e. The number of hydrogen-bond donors (Lipinski definition) is 1. The monoisotopic (exact) mass is 489 g/mol. The molecule has 1 N–H and O–H groups in total. The van der Waals surface area contributed by atoms with Crippen molar-refractivity contribution in [3.05, 3.63) is 70.2 Å². The summed E-state index contributed by atoms with van der Waals surface area (Å²) in [5.74, 6) is -0.169. The van der Waals surface area contributed by atoms with Crippen molar-refractivity contribution < 1.29 is 22.3 Å². The number of nitrogens with zero attached hydrogens (tertiary/aromatic N) is 2. The normalized spacial score (nSPS) is 14.8. The Morgan fingerprint density at radius 3 is 2.55 bits per heavy atom. The smallest absolute Gasteiger partial charge is 0.267 e. The first-order valence-electron chi connectivity index (χ1n) is 10.3. The van der Waals surface area contributed by atoms with Gasteiger partial charge in [-0.25, -0.2) is 12.8 Å². The molecule has 0 aliphatic carbocycles. The highest BCUT2D eigenvalue weighted by atomic mass is 32.2. The molecule has 2 aromatic carbocycles. The lowest BCUT2D eigenvalue weighted by Crippen LogP contribution is -2.48. The van der Waals surface area contributed by atoms with Crippen molar-refractivity contribution in [2.75, 3.05) is 43.5 Å². The summed E-state index contributed by atoms with van der Waals surface area (Å²) in [6, 6.07) is 13.3. The van der Waals surface area contributed by atoms with Gasteiger partial charge in [-0.05, 0) is 54.3 Å². The molecule has 4 rings (SSSR count). The van der Waals surface area contributed by atoms with Gasteiger partial charge < -0.3 is 15.0 Å². The zero-order valence-electron chi connectivity index (χ0n) is 18.2. The number of methoxy groups -OCH3 is 1. The molecular formula is C23H24FN3O4S2. The van der Waals surface area contributed by atoms with Crippen LogP contribution in [0.5, 0.6) is 5.75 Å². The summed E-state index contributed by atoms with van der Waals surface area (Å²) in [4.78, 5) is 15.0. The van der Waals surface area contributed by atoms with E-state index < -0.39 is 15.9 Å². The average molecular weight is 490 g/mol. The maximum atomic E-state index is 13.5. The Kier molecular flexibility index (Phi) is 6.68. The Morgan fingerprint density at radius 1 is 1.09 bits per heavy atom. The van der Waals surface area contributed by atoms with Crippen LogP contribution in [-0.2, 0) is 10.0 Å². The molecule has 0 saturated carbocycles. The van der Waals surface area contributed by atoms with Crippen LogP contribution < -0.4 is 15.0 Å². The van der Waals surface area contributed by atoms with Crippen molar-refractivity contribution in [2.45, 2.75) is 11.8 Å². The minimum atomic E-state index is -3.85. The molecule has 0 unspecified atom stereocenters. The fraction of sp³-hybridized carbons (Fsp3) is 0.261. The Bertz CT molecular complexity index is 1270. The van der Waals surface area contributed by atoms with Crippen LogP contribution in [0.15, 0.2) is 58.8 Å². The van der Waals surface area contributed by atoms with Crippen molar-refractivity contribution in [1.82, 2.24) is 4.31 Å². The summed E-state index contributed by atoms with van der Waals surface area (Å²) in [7, 11) is -2.24. The molecule has 0 atom stereocenters. The van der Waals surface area contributed by atoms with Crippen LogP contribution in [-0.4, -0.2) is 51.9 Å². The Hall–Kier alpha value is -2.95. The fourth-order valence-electron chi connectivity index (χ4n) is 3.71. The van der Waals surface area contributed by atoms with Gasteiger partial charge in [-0.3, -0.25) is 4.79 Å². The Morgan fingerprint density at radius 2 is 1.85 bits per heavy atom. The fourth-order valence-corrected chi connectivity index (χ4v) is 6.43. The second-order valence-electron chi connectivity index (χ2n) is 7.62. The molecule has 10 heteroatoms. The highest BCUT2D eigenvalue weighted by Crippen LogP contribution is 2.29. The minimum absolute atomic E-state index is 0.0151. The molecule has 3 aromatic rings. The Balaban J connectivity index is 1.48. The zero-order valence-corrected chi connectivity index (χ0v) is 19.9. The predicted octanol–water partition coefficient (Wildman–Crippen LogP) is 3.97. The van der Waals surface area contributed by atoms with Crippen molar-refractivity contribution in [1.29, 1.82) is 0 Å². The van der Waals surface area contributed by atoms with Crippen molar-refractivity contribution in [3.63, 3.8) is 0 Å². The third-order valence-corrected chi connectivity index (χ3v) is 8.51. The van der Waals surface area contributed by atoms with Crippen molar-refractivity contribution >= 4 is 38.6 Å². The summed E-state index contributed by atoms with van der Waals surface area (Å²) in [6.07, 6.45) is 0. The first-order valence-corrected chi connectivity index (χ1v) is 12.7. The van der Waals surface area contributed by atoms with E-state index in [0.717, 1.165) is 22.8 Å². The third-order valence-electron chi connectivity index (χ3n) is 5.53. The molecule has 174 valence electrons. The van der Waals surface area contributed by atoms with Crippen LogP contribution in [0.25, 0.3) is 0 Å². The van der Waals surface area contributed by atoms with Gasteiger partial charge in [0.1, 0.15) is 21.3 Å². The topological polar surface area (TPSA) is 79.0 Å². The number of thiophene rings is 1. The van der Waals surface area contributed by atoms with E-state index in [4.69, 9.17) is 4.74 Å². The van der Waals surface area contributed by atoms with Crippen LogP contribution >= 0.6 is 11.3 Å². The van der Waals surface area contributed by atoms with E-state index in [9.17, 15) is 17.6 Å². The summed E-state index contributed by atoms with van der Waals surface area (Å²) in [6.45, 7) is 3.23. The summed E-state index contributed by atoms with van der Waals surface area (Å²) < 4.78 is 46.8. The summed E-state index contributed by atoms with van der Waals surface area (Å²) in [5, 5.41) is 4.26. The number of rotatable bonds is 6. The number of sulfonamides is 1. The van der Waals surface area contributed by atoms with E-state index >= 15 is 0 Å². The molecule has 1 fully saturated rings. The summed E-state index contributed by atoms with van der Waals surface area (Å²) >= 11 is 1.06. The summed E-state index contributed by atoms with van der Waals surface area (Å²) in [5.41, 5.74) is 1.76. The maximum absolute atomic E-state index is 13.5. The van der Waals surface area contributed by atoms with Crippen LogP contribution in [0, 0.1) is 12.7 Å². The third kappa shape index (κ3) is 4.87.